The Labute approximate surface area is 187 Å². The maximum absolute atomic E-state index is 12.3. The summed E-state index contributed by atoms with van der Waals surface area (Å²) in [7, 11) is 1.21. The lowest BCUT2D eigenvalue weighted by molar-refractivity contribution is -0.348. The van der Waals surface area contributed by atoms with Gasteiger partial charge in [-0.1, -0.05) is 41.9 Å². The van der Waals surface area contributed by atoms with Crippen LogP contribution in [0.4, 0.5) is 0 Å². The number of para-hydroxylation sites is 2. The first-order chi connectivity index (χ1) is 15.3. The zero-order valence-corrected chi connectivity index (χ0v) is 17.6. The van der Waals surface area contributed by atoms with Crippen molar-refractivity contribution in [1.29, 1.82) is 0 Å². The molecule has 2 aromatic carbocycles. The van der Waals surface area contributed by atoms with E-state index in [2.05, 4.69) is 4.98 Å². The molecule has 4 rings (SSSR count). The number of carbonyl (C=O) groups excluding carboxylic acids is 1. The number of hydrogen-bond acceptors (Lipinski definition) is 8. The van der Waals surface area contributed by atoms with Gasteiger partial charge in [0.15, 0.2) is 11.7 Å². The number of aliphatic hydroxyl groups is 4. The Morgan fingerprint density at radius 2 is 1.81 bits per heavy atom. The van der Waals surface area contributed by atoms with Gasteiger partial charge >= 0.3 is 5.97 Å². The molecule has 32 heavy (non-hydrogen) atoms. The Balaban J connectivity index is 1.93. The van der Waals surface area contributed by atoms with Crippen LogP contribution in [0.2, 0.25) is 0 Å². The molecule has 0 aliphatic carbocycles. The van der Waals surface area contributed by atoms with Crippen molar-refractivity contribution in [2.75, 3.05) is 7.11 Å². The molecule has 0 bridgehead atoms. The molecule has 9 nitrogen and oxygen atoms in total. The number of methoxy groups -OCH3 is 1. The van der Waals surface area contributed by atoms with Crippen molar-refractivity contribution in [3.63, 3.8) is 0 Å². The van der Waals surface area contributed by atoms with E-state index < -0.39 is 41.7 Å². The Morgan fingerprint density at radius 1 is 1.12 bits per heavy atom. The quantitative estimate of drug-likeness (QED) is 0.281. The van der Waals surface area contributed by atoms with Crippen molar-refractivity contribution >= 4 is 28.5 Å². The van der Waals surface area contributed by atoms with Crippen molar-refractivity contribution in [1.82, 2.24) is 4.98 Å². The van der Waals surface area contributed by atoms with Crippen LogP contribution >= 0.6 is 11.6 Å². The van der Waals surface area contributed by atoms with E-state index in [4.69, 9.17) is 25.8 Å². The van der Waals surface area contributed by atoms with E-state index >= 15 is 0 Å². The van der Waals surface area contributed by atoms with Crippen LogP contribution in [0.25, 0.3) is 10.9 Å². The summed E-state index contributed by atoms with van der Waals surface area (Å²) >= 11 is 5.82. The summed E-state index contributed by atoms with van der Waals surface area (Å²) < 4.78 is 16.9. The van der Waals surface area contributed by atoms with Crippen molar-refractivity contribution in [2.24, 2.45) is 0 Å². The largest absolute Gasteiger partial charge is 0.465 e. The molecule has 2 heterocycles. The molecule has 1 aliphatic rings. The Hall–Kier alpha value is -2.66. The van der Waals surface area contributed by atoms with E-state index in [0.29, 0.717) is 10.9 Å². The Morgan fingerprint density at radius 3 is 2.53 bits per heavy atom. The second-order valence-electron chi connectivity index (χ2n) is 7.39. The minimum absolute atomic E-state index is 0.0184. The molecule has 1 unspecified atom stereocenters. The van der Waals surface area contributed by atoms with Gasteiger partial charge in [-0.05, 0) is 18.2 Å². The number of H-pyrrole nitrogens is 1. The van der Waals surface area contributed by atoms with Crippen LogP contribution in [-0.4, -0.2) is 68.5 Å². The van der Waals surface area contributed by atoms with Crippen LogP contribution in [0.1, 0.15) is 15.9 Å². The summed E-state index contributed by atoms with van der Waals surface area (Å²) in [6.45, 7) is 0. The molecule has 0 saturated carbocycles. The van der Waals surface area contributed by atoms with Crippen molar-refractivity contribution in [2.45, 2.75) is 35.8 Å². The van der Waals surface area contributed by atoms with Gasteiger partial charge in [0.05, 0.1) is 12.7 Å². The fourth-order valence-electron chi connectivity index (χ4n) is 3.89. The Bertz CT molecular complexity index is 1120. The number of aromatic nitrogens is 1. The van der Waals surface area contributed by atoms with E-state index in [0.717, 1.165) is 0 Å². The molecular formula is C22H22ClNO8. The van der Waals surface area contributed by atoms with Crippen LogP contribution in [0.15, 0.2) is 54.7 Å². The zero-order valence-electron chi connectivity index (χ0n) is 16.9. The summed E-state index contributed by atoms with van der Waals surface area (Å²) in [5, 5.41) is 42.7. The van der Waals surface area contributed by atoms with Gasteiger partial charge in [-0.25, -0.2) is 4.79 Å². The number of hydrogen-bond donors (Lipinski definition) is 5. The second kappa shape index (κ2) is 8.70. The molecule has 6 atom stereocenters. The normalized spacial score (nSPS) is 28.9. The topological polar surface area (TPSA) is 141 Å². The first kappa shape index (κ1) is 22.5. The highest BCUT2D eigenvalue weighted by molar-refractivity contribution is 6.19. The number of alkyl halides is 1. The molecule has 0 spiro atoms. The minimum Gasteiger partial charge on any atom is -0.465 e. The number of aliphatic hydroxyl groups excluding tert-OH is 4. The molecular weight excluding hydrogens is 442 g/mol. The number of nitrogens with one attached hydrogen (secondary N) is 1. The summed E-state index contributed by atoms with van der Waals surface area (Å²) in [4.78, 5) is 15.3. The van der Waals surface area contributed by atoms with Gasteiger partial charge in [-0.15, -0.1) is 0 Å². The van der Waals surface area contributed by atoms with Gasteiger partial charge in [0.1, 0.15) is 29.6 Å². The molecule has 1 aromatic heterocycles. The maximum Gasteiger partial charge on any atom is 0.341 e. The number of rotatable bonds is 5. The van der Waals surface area contributed by atoms with Crippen molar-refractivity contribution in [3.8, 4) is 5.75 Å². The van der Waals surface area contributed by atoms with Crippen LogP contribution < -0.4 is 4.74 Å². The van der Waals surface area contributed by atoms with Gasteiger partial charge in [0, 0.05) is 17.1 Å². The van der Waals surface area contributed by atoms with Crippen LogP contribution in [-0.2, 0) is 15.3 Å². The number of halogens is 1. The first-order valence-electron chi connectivity index (χ1n) is 9.77. The smallest absolute Gasteiger partial charge is 0.341 e. The van der Waals surface area contributed by atoms with Crippen molar-refractivity contribution in [3.05, 3.63) is 65.9 Å². The predicted molar refractivity (Wildman–Crippen MR) is 113 cm³/mol. The van der Waals surface area contributed by atoms with E-state index in [-0.39, 0.29) is 16.9 Å². The van der Waals surface area contributed by atoms with Crippen LogP contribution in [0.3, 0.4) is 0 Å². The number of carbonyl (C=O) groups is 1. The predicted octanol–water partition coefficient (Wildman–Crippen LogP) is 1.22. The fourth-order valence-corrected chi connectivity index (χ4v) is 4.09. The monoisotopic (exact) mass is 463 g/mol. The molecule has 1 aliphatic heterocycles. The maximum atomic E-state index is 12.3. The lowest BCUT2D eigenvalue weighted by Crippen LogP contribution is -2.66. The third-order valence-corrected chi connectivity index (χ3v) is 5.75. The van der Waals surface area contributed by atoms with Gasteiger partial charge in [0.2, 0.25) is 0 Å². The molecule has 5 N–H and O–H groups in total. The summed E-state index contributed by atoms with van der Waals surface area (Å²) in [6, 6.07) is 13.2. The fraction of sp³-hybridized carbons (Fsp3) is 0.318. The standard InChI is InChI=1S/C22H22ClNO8/c1-30-21(29)12-7-3-5-9-15(12)31-22(13-10-24-14-8-4-2-6-11(13)14)19(27)17(26)16(25)18(32-22)20(23)28/h2-10,16-20,24-28H,1H3/t16-,17+,18+,19-,20?,22-/m1/s1. The van der Waals surface area contributed by atoms with Gasteiger partial charge < -0.3 is 39.6 Å². The molecule has 0 amide bonds. The number of esters is 1. The molecule has 1 fully saturated rings. The molecule has 3 aromatic rings. The summed E-state index contributed by atoms with van der Waals surface area (Å²) in [5.41, 5.74) is -0.774. The number of ether oxygens (including phenoxy) is 3. The lowest BCUT2D eigenvalue weighted by Gasteiger charge is -2.48. The number of aromatic amines is 1. The van der Waals surface area contributed by atoms with Crippen molar-refractivity contribution < 1.29 is 39.4 Å². The third-order valence-electron chi connectivity index (χ3n) is 5.50. The summed E-state index contributed by atoms with van der Waals surface area (Å²) in [5.74, 6) is -2.88. The SMILES string of the molecule is COC(=O)c1ccccc1O[C@]1(c2c[nH]c3ccccc23)O[C@H](C(O)Cl)[C@H](O)[C@H](O)[C@H]1O. The highest BCUT2D eigenvalue weighted by Crippen LogP contribution is 2.44. The lowest BCUT2D eigenvalue weighted by atomic mass is 9.87. The molecule has 170 valence electrons. The first-order valence-corrected chi connectivity index (χ1v) is 10.2. The Kier molecular flexibility index (Phi) is 6.13. The highest BCUT2D eigenvalue weighted by Gasteiger charge is 2.59. The number of fused-ring (bicyclic) bond motifs is 1. The van der Waals surface area contributed by atoms with E-state index in [1.54, 1.807) is 36.4 Å². The van der Waals surface area contributed by atoms with E-state index in [9.17, 15) is 25.2 Å². The minimum atomic E-state index is -2.16. The zero-order chi connectivity index (χ0) is 23.0. The highest BCUT2D eigenvalue weighted by atomic mass is 35.5. The van der Waals surface area contributed by atoms with Crippen LogP contribution in [0.5, 0.6) is 5.75 Å². The van der Waals surface area contributed by atoms with E-state index in [1.807, 2.05) is 0 Å². The average molecular weight is 464 g/mol. The molecule has 0 radical (unpaired) electrons. The second-order valence-corrected chi connectivity index (χ2v) is 7.83. The van der Waals surface area contributed by atoms with E-state index in [1.165, 1.54) is 25.4 Å². The van der Waals surface area contributed by atoms with Gasteiger partial charge in [0.25, 0.3) is 5.79 Å². The number of benzene rings is 2. The van der Waals surface area contributed by atoms with Crippen LogP contribution in [0, 0.1) is 0 Å². The molecule has 1 saturated heterocycles. The summed E-state index contributed by atoms with van der Waals surface area (Å²) in [6.07, 6.45) is -5.38. The molecule has 10 heteroatoms. The van der Waals surface area contributed by atoms with Gasteiger partial charge in [-0.3, -0.25) is 0 Å². The van der Waals surface area contributed by atoms with Gasteiger partial charge in [-0.2, -0.15) is 0 Å². The third kappa shape index (κ3) is 3.62. The average Bonchev–Trinajstić information content (AvgIpc) is 3.24.